The third-order valence-corrected chi connectivity index (χ3v) is 5.54. The molecule has 1 unspecified atom stereocenters. The largest absolute Gasteiger partial charge is 0.344 e. The average molecular weight is 364 g/mol. The van der Waals surface area contributed by atoms with Crippen LogP contribution >= 0.6 is 27.3 Å². The van der Waals surface area contributed by atoms with Crippen molar-refractivity contribution < 1.29 is 4.79 Å². The smallest absolute Gasteiger partial charge is 0.251 e. The summed E-state index contributed by atoms with van der Waals surface area (Å²) in [6.07, 6.45) is 4.97. The molecule has 2 aromatic rings. The van der Waals surface area contributed by atoms with Gasteiger partial charge >= 0.3 is 0 Å². The molecule has 1 aliphatic rings. The zero-order valence-corrected chi connectivity index (χ0v) is 14.1. The summed E-state index contributed by atoms with van der Waals surface area (Å²) in [7, 11) is 0. The van der Waals surface area contributed by atoms with E-state index in [1.54, 1.807) is 11.3 Å². The summed E-state index contributed by atoms with van der Waals surface area (Å²) in [4.78, 5) is 13.8. The lowest BCUT2D eigenvalue weighted by Gasteiger charge is -2.24. The Morgan fingerprint density at radius 2 is 2.05 bits per heavy atom. The Morgan fingerprint density at radius 3 is 2.71 bits per heavy atom. The minimum atomic E-state index is 0.0154. The molecule has 1 atom stereocenters. The minimum Gasteiger partial charge on any atom is -0.344 e. The molecule has 2 nitrogen and oxygen atoms in total. The van der Waals surface area contributed by atoms with Gasteiger partial charge in [-0.2, -0.15) is 0 Å². The fourth-order valence-electron chi connectivity index (χ4n) is 3.03. The van der Waals surface area contributed by atoms with Crippen molar-refractivity contribution in [2.45, 2.75) is 31.7 Å². The first kappa shape index (κ1) is 14.8. The number of nitrogens with one attached hydrogen (secondary N) is 1. The molecule has 1 amide bonds. The van der Waals surface area contributed by atoms with Crippen LogP contribution in [-0.4, -0.2) is 5.91 Å². The van der Waals surface area contributed by atoms with Gasteiger partial charge in [0.2, 0.25) is 0 Å². The van der Waals surface area contributed by atoms with Crippen LogP contribution in [0.15, 0.2) is 46.3 Å². The van der Waals surface area contributed by atoms with E-state index in [-0.39, 0.29) is 11.9 Å². The minimum absolute atomic E-state index is 0.0154. The Hall–Kier alpha value is -1.13. The Kier molecular flexibility index (Phi) is 4.76. The second-order valence-corrected chi connectivity index (χ2v) is 7.42. The molecule has 0 bridgehead atoms. The van der Waals surface area contributed by atoms with Gasteiger partial charge in [0.25, 0.3) is 5.91 Å². The van der Waals surface area contributed by atoms with Crippen LogP contribution in [-0.2, 0) is 0 Å². The maximum absolute atomic E-state index is 12.5. The van der Waals surface area contributed by atoms with E-state index in [1.165, 1.54) is 30.6 Å². The Morgan fingerprint density at radius 1 is 1.24 bits per heavy atom. The quantitative estimate of drug-likeness (QED) is 0.797. The number of carbonyl (C=O) groups excluding carboxylic acids is 1. The lowest BCUT2D eigenvalue weighted by atomic mass is 9.96. The number of halogens is 1. The fourth-order valence-corrected chi connectivity index (χ4v) is 4.30. The van der Waals surface area contributed by atoms with Crippen LogP contribution in [0.2, 0.25) is 0 Å². The van der Waals surface area contributed by atoms with E-state index in [9.17, 15) is 4.79 Å². The highest BCUT2D eigenvalue weighted by atomic mass is 79.9. The van der Waals surface area contributed by atoms with Gasteiger partial charge in [0.05, 0.1) is 6.04 Å². The number of benzene rings is 1. The molecular formula is C17H18BrNOS. The third-order valence-electron chi connectivity index (χ3n) is 4.09. The maximum atomic E-state index is 12.5. The first-order valence-corrected chi connectivity index (χ1v) is 9.01. The number of hydrogen-bond donors (Lipinski definition) is 1. The van der Waals surface area contributed by atoms with Crippen LogP contribution in [0.4, 0.5) is 0 Å². The summed E-state index contributed by atoms with van der Waals surface area (Å²) < 4.78 is 0.934. The third kappa shape index (κ3) is 3.55. The van der Waals surface area contributed by atoms with Crippen LogP contribution in [0, 0.1) is 5.92 Å². The van der Waals surface area contributed by atoms with Crippen LogP contribution in [0.25, 0.3) is 0 Å². The highest BCUT2D eigenvalue weighted by Crippen LogP contribution is 2.37. The molecule has 3 rings (SSSR count). The SMILES string of the molecule is O=C(NC(c1cccs1)C1CCCC1)c1cccc(Br)c1. The van der Waals surface area contributed by atoms with E-state index in [0.29, 0.717) is 11.5 Å². The molecule has 0 spiro atoms. The first-order valence-electron chi connectivity index (χ1n) is 7.34. The molecule has 0 radical (unpaired) electrons. The zero-order chi connectivity index (χ0) is 14.7. The van der Waals surface area contributed by atoms with Gasteiger partial charge in [-0.3, -0.25) is 4.79 Å². The van der Waals surface area contributed by atoms with E-state index in [0.717, 1.165) is 4.47 Å². The number of thiophene rings is 1. The van der Waals surface area contributed by atoms with E-state index in [4.69, 9.17) is 0 Å². The van der Waals surface area contributed by atoms with Crippen molar-refractivity contribution in [2.75, 3.05) is 0 Å². The van der Waals surface area contributed by atoms with Gasteiger partial charge in [-0.05, 0) is 48.4 Å². The van der Waals surface area contributed by atoms with E-state index in [1.807, 2.05) is 24.3 Å². The van der Waals surface area contributed by atoms with Crippen molar-refractivity contribution in [1.29, 1.82) is 0 Å². The van der Waals surface area contributed by atoms with Gasteiger partial charge < -0.3 is 5.32 Å². The molecule has 4 heteroatoms. The summed E-state index contributed by atoms with van der Waals surface area (Å²) in [5.74, 6) is 0.585. The molecule has 1 aliphatic carbocycles. The highest BCUT2D eigenvalue weighted by Gasteiger charge is 2.28. The monoisotopic (exact) mass is 363 g/mol. The molecule has 0 aliphatic heterocycles. The molecular weight excluding hydrogens is 346 g/mol. The van der Waals surface area contributed by atoms with E-state index in [2.05, 4.69) is 38.8 Å². The van der Waals surface area contributed by atoms with Gasteiger partial charge in [0, 0.05) is 14.9 Å². The van der Waals surface area contributed by atoms with Gasteiger partial charge in [-0.25, -0.2) is 0 Å². The summed E-state index contributed by atoms with van der Waals surface area (Å²) in [6, 6.07) is 11.9. The second-order valence-electron chi connectivity index (χ2n) is 5.52. The average Bonchev–Trinajstić information content (AvgIpc) is 3.18. The Labute approximate surface area is 137 Å². The molecule has 1 saturated carbocycles. The molecule has 1 aromatic carbocycles. The van der Waals surface area contributed by atoms with Crippen LogP contribution in [0.3, 0.4) is 0 Å². The van der Waals surface area contributed by atoms with Crippen molar-refractivity contribution >= 4 is 33.2 Å². The Balaban J connectivity index is 1.79. The van der Waals surface area contributed by atoms with Gasteiger partial charge in [0.1, 0.15) is 0 Å². The van der Waals surface area contributed by atoms with Crippen LogP contribution in [0.5, 0.6) is 0 Å². The molecule has 1 heterocycles. The maximum Gasteiger partial charge on any atom is 0.251 e. The summed E-state index contributed by atoms with van der Waals surface area (Å²) in [5, 5.41) is 5.34. The molecule has 1 aromatic heterocycles. The standard InChI is InChI=1S/C17H18BrNOS/c18-14-8-3-7-13(11-14)17(20)19-16(12-5-1-2-6-12)15-9-4-10-21-15/h3-4,7-12,16H,1-2,5-6H2,(H,19,20). The van der Waals surface area contributed by atoms with Crippen molar-refractivity contribution in [3.05, 3.63) is 56.7 Å². The lowest BCUT2D eigenvalue weighted by molar-refractivity contribution is 0.0923. The first-order chi connectivity index (χ1) is 10.2. The fraction of sp³-hybridized carbons (Fsp3) is 0.353. The number of rotatable bonds is 4. The molecule has 110 valence electrons. The van der Waals surface area contributed by atoms with E-state index >= 15 is 0 Å². The van der Waals surface area contributed by atoms with Crippen molar-refractivity contribution in [1.82, 2.24) is 5.32 Å². The number of hydrogen-bond acceptors (Lipinski definition) is 2. The van der Waals surface area contributed by atoms with Crippen molar-refractivity contribution in [3.8, 4) is 0 Å². The molecule has 1 fully saturated rings. The lowest BCUT2D eigenvalue weighted by Crippen LogP contribution is -2.32. The van der Waals surface area contributed by atoms with E-state index < -0.39 is 0 Å². The van der Waals surface area contributed by atoms with Crippen molar-refractivity contribution in [2.24, 2.45) is 5.92 Å². The second kappa shape index (κ2) is 6.75. The Bertz CT molecular complexity index is 605. The van der Waals surface area contributed by atoms with Crippen LogP contribution < -0.4 is 5.32 Å². The predicted octanol–water partition coefficient (Wildman–Crippen LogP) is 5.17. The predicted molar refractivity (Wildman–Crippen MR) is 90.6 cm³/mol. The van der Waals surface area contributed by atoms with Crippen molar-refractivity contribution in [3.63, 3.8) is 0 Å². The highest BCUT2D eigenvalue weighted by molar-refractivity contribution is 9.10. The summed E-state index contributed by atoms with van der Waals surface area (Å²) in [5.41, 5.74) is 0.712. The molecule has 0 saturated heterocycles. The zero-order valence-electron chi connectivity index (χ0n) is 11.7. The number of carbonyl (C=O) groups is 1. The summed E-state index contributed by atoms with van der Waals surface area (Å²) >= 11 is 5.16. The van der Waals surface area contributed by atoms with Crippen LogP contribution in [0.1, 0.15) is 47.0 Å². The topological polar surface area (TPSA) is 29.1 Å². The summed E-state index contributed by atoms with van der Waals surface area (Å²) in [6.45, 7) is 0. The number of amides is 1. The molecule has 21 heavy (non-hydrogen) atoms. The normalized spacial score (nSPS) is 16.8. The van der Waals surface area contributed by atoms with Gasteiger partial charge in [-0.1, -0.05) is 40.9 Å². The molecule has 1 N–H and O–H groups in total. The van der Waals surface area contributed by atoms with Gasteiger partial charge in [0.15, 0.2) is 0 Å². The van der Waals surface area contributed by atoms with Gasteiger partial charge in [-0.15, -0.1) is 11.3 Å².